The van der Waals surface area contributed by atoms with Crippen LogP contribution in [0.5, 0.6) is 0 Å². The third-order valence-electron chi connectivity index (χ3n) is 6.41. The minimum Gasteiger partial charge on any atom is -0.382 e. The molecule has 4 aromatic rings. The van der Waals surface area contributed by atoms with Gasteiger partial charge in [0.15, 0.2) is 5.82 Å². The summed E-state index contributed by atoms with van der Waals surface area (Å²) in [4.78, 5) is 6.07. The maximum Gasteiger partial charge on any atom is 0.401 e. The van der Waals surface area contributed by atoms with Crippen LogP contribution in [0.15, 0.2) is 37.1 Å². The highest BCUT2D eigenvalue weighted by Gasteiger charge is 2.54. The van der Waals surface area contributed by atoms with Gasteiger partial charge in [0.05, 0.1) is 54.4 Å². The van der Waals surface area contributed by atoms with Gasteiger partial charge in [-0.05, 0) is 13.0 Å². The number of nitrogens with zero attached hydrogens (tertiary/aromatic N) is 9. The van der Waals surface area contributed by atoms with Crippen LogP contribution >= 0.6 is 0 Å². The van der Waals surface area contributed by atoms with Gasteiger partial charge in [-0.25, -0.2) is 9.50 Å². The maximum atomic E-state index is 13.0. The molecule has 0 aliphatic carbocycles. The number of nitrogen functional groups attached to an aromatic ring is 1. The first-order valence-corrected chi connectivity index (χ1v) is 10.5. The first-order valence-electron chi connectivity index (χ1n) is 10.5. The Morgan fingerprint density at radius 3 is 2.71 bits per heavy atom. The summed E-state index contributed by atoms with van der Waals surface area (Å²) in [5, 5.41) is 22.4. The highest BCUT2D eigenvalue weighted by Crippen LogP contribution is 2.42. The van der Waals surface area contributed by atoms with Crippen LogP contribution in [0.1, 0.15) is 13.3 Å². The maximum absolute atomic E-state index is 13.0. The predicted octanol–water partition coefficient (Wildman–Crippen LogP) is 2.45. The molecular formula is C21H21F3N10. The van der Waals surface area contributed by atoms with Crippen molar-refractivity contribution in [1.29, 1.82) is 5.26 Å². The SMILES string of the molecule is C[C@H]1N(CC(F)(F)F)C[C@]1(CC#N)n1cc(-c2nc(-c3cnn(C)c3)cn3nccc23)c(N)n1. The summed E-state index contributed by atoms with van der Waals surface area (Å²) in [7, 11) is 1.80. The monoisotopic (exact) mass is 470 g/mol. The molecule has 1 aliphatic heterocycles. The van der Waals surface area contributed by atoms with Gasteiger partial charge in [-0.3, -0.25) is 14.3 Å². The smallest absolute Gasteiger partial charge is 0.382 e. The van der Waals surface area contributed by atoms with Crippen molar-refractivity contribution < 1.29 is 13.2 Å². The van der Waals surface area contributed by atoms with Gasteiger partial charge in [-0.1, -0.05) is 0 Å². The van der Waals surface area contributed by atoms with Crippen molar-refractivity contribution in [2.24, 2.45) is 7.05 Å². The van der Waals surface area contributed by atoms with Crippen molar-refractivity contribution in [1.82, 2.24) is 39.1 Å². The number of rotatable bonds is 5. The van der Waals surface area contributed by atoms with E-state index in [1.54, 1.807) is 54.0 Å². The lowest BCUT2D eigenvalue weighted by Gasteiger charge is -2.55. The number of anilines is 1. The van der Waals surface area contributed by atoms with Gasteiger partial charge in [-0.2, -0.15) is 33.7 Å². The lowest BCUT2D eigenvalue weighted by Crippen LogP contribution is -2.70. The summed E-state index contributed by atoms with van der Waals surface area (Å²) in [6, 6.07) is 3.32. The van der Waals surface area contributed by atoms with Gasteiger partial charge in [0, 0.05) is 37.6 Å². The minimum atomic E-state index is -4.33. The standard InChI is InChI=1S/C21H21F3N10/c1-13-20(4-5-25,11-32(13)12-21(22,23)24)34-9-15(19(26)30-34)18-17-3-6-27-33(17)10-16(29-18)14-7-28-31(2)8-14/h3,6-10,13H,4,11-12H2,1-2H3,(H2,26,30)/t13-,20+/m1/s1. The van der Waals surface area contributed by atoms with E-state index in [-0.39, 0.29) is 18.8 Å². The Balaban J connectivity index is 1.58. The lowest BCUT2D eigenvalue weighted by molar-refractivity contribution is -0.183. The van der Waals surface area contributed by atoms with Gasteiger partial charge in [-0.15, -0.1) is 0 Å². The normalized spacial score (nSPS) is 21.0. The Hall–Kier alpha value is -3.92. The summed E-state index contributed by atoms with van der Waals surface area (Å²) >= 11 is 0. The zero-order chi connectivity index (χ0) is 24.3. The molecule has 1 aliphatic rings. The number of likely N-dealkylation sites (tertiary alicyclic amines) is 1. The first-order chi connectivity index (χ1) is 16.1. The Kier molecular flexibility index (Phi) is 4.87. The number of aryl methyl sites for hydroxylation is 1. The average Bonchev–Trinajstić information content (AvgIpc) is 3.50. The second kappa shape index (κ2) is 7.56. The predicted molar refractivity (Wildman–Crippen MR) is 116 cm³/mol. The number of nitriles is 1. The van der Waals surface area contributed by atoms with Gasteiger partial charge in [0.25, 0.3) is 0 Å². The molecule has 0 saturated carbocycles. The van der Waals surface area contributed by atoms with Crippen molar-refractivity contribution in [2.45, 2.75) is 31.1 Å². The summed E-state index contributed by atoms with van der Waals surface area (Å²) in [6.45, 7) is 0.656. The molecule has 34 heavy (non-hydrogen) atoms. The van der Waals surface area contributed by atoms with E-state index >= 15 is 0 Å². The molecule has 0 unspecified atom stereocenters. The highest BCUT2D eigenvalue weighted by molar-refractivity contribution is 5.83. The quantitative estimate of drug-likeness (QED) is 0.476. The fraction of sp³-hybridized carbons (Fsp3) is 0.381. The summed E-state index contributed by atoms with van der Waals surface area (Å²) in [5.74, 6) is 0.165. The molecule has 0 aromatic carbocycles. The average molecular weight is 470 g/mol. The summed E-state index contributed by atoms with van der Waals surface area (Å²) in [5.41, 5.74) is 8.48. The molecule has 5 heterocycles. The number of hydrogen-bond acceptors (Lipinski definition) is 7. The second-order valence-corrected chi connectivity index (χ2v) is 8.55. The van der Waals surface area contributed by atoms with Crippen molar-refractivity contribution in [3.63, 3.8) is 0 Å². The van der Waals surface area contributed by atoms with Crippen molar-refractivity contribution in [2.75, 3.05) is 18.8 Å². The Bertz CT molecular complexity index is 1410. The van der Waals surface area contributed by atoms with Crippen LogP contribution < -0.4 is 5.73 Å². The Morgan fingerprint density at radius 1 is 1.26 bits per heavy atom. The number of halogens is 3. The van der Waals surface area contributed by atoms with Crippen LogP contribution in [-0.4, -0.2) is 64.4 Å². The molecule has 0 spiro atoms. The second-order valence-electron chi connectivity index (χ2n) is 8.55. The van der Waals surface area contributed by atoms with Gasteiger partial charge in [0.1, 0.15) is 11.2 Å². The van der Waals surface area contributed by atoms with Crippen LogP contribution in [0.25, 0.3) is 28.0 Å². The van der Waals surface area contributed by atoms with Crippen molar-refractivity contribution in [3.8, 4) is 28.6 Å². The third-order valence-corrected chi connectivity index (χ3v) is 6.41. The van der Waals surface area contributed by atoms with E-state index < -0.39 is 24.3 Å². The van der Waals surface area contributed by atoms with E-state index in [0.717, 1.165) is 5.56 Å². The van der Waals surface area contributed by atoms with Crippen LogP contribution in [0, 0.1) is 11.3 Å². The molecule has 2 atom stereocenters. The number of nitrogens with two attached hydrogens (primary N) is 1. The molecular weight excluding hydrogens is 449 g/mol. The fourth-order valence-electron chi connectivity index (χ4n) is 4.57. The van der Waals surface area contributed by atoms with Crippen LogP contribution in [-0.2, 0) is 12.6 Å². The zero-order valence-electron chi connectivity index (χ0n) is 18.4. The molecule has 2 N–H and O–H groups in total. The van der Waals surface area contributed by atoms with E-state index in [1.807, 2.05) is 6.20 Å². The molecule has 1 saturated heterocycles. The highest BCUT2D eigenvalue weighted by atomic mass is 19.4. The minimum absolute atomic E-state index is 0.00562. The lowest BCUT2D eigenvalue weighted by atomic mass is 9.78. The van der Waals surface area contributed by atoms with E-state index in [9.17, 15) is 18.4 Å². The molecule has 176 valence electrons. The van der Waals surface area contributed by atoms with Crippen LogP contribution in [0.3, 0.4) is 0 Å². The molecule has 0 amide bonds. The van der Waals surface area contributed by atoms with E-state index in [2.05, 4.69) is 21.4 Å². The fourth-order valence-corrected chi connectivity index (χ4v) is 4.57. The number of fused-ring (bicyclic) bond motifs is 1. The van der Waals surface area contributed by atoms with Gasteiger partial charge >= 0.3 is 6.18 Å². The number of aromatic nitrogens is 7. The van der Waals surface area contributed by atoms with Crippen LogP contribution in [0.2, 0.25) is 0 Å². The van der Waals surface area contributed by atoms with Gasteiger partial charge < -0.3 is 5.73 Å². The first kappa shape index (κ1) is 21.9. The van der Waals surface area contributed by atoms with E-state index in [4.69, 9.17) is 10.7 Å². The Labute approximate surface area is 192 Å². The molecule has 13 heteroatoms. The van der Waals surface area contributed by atoms with E-state index in [0.29, 0.717) is 22.5 Å². The largest absolute Gasteiger partial charge is 0.401 e. The molecule has 1 fully saturated rings. The topological polar surface area (TPSA) is 119 Å². The van der Waals surface area contributed by atoms with Crippen molar-refractivity contribution >= 4 is 11.3 Å². The van der Waals surface area contributed by atoms with Crippen molar-refractivity contribution in [3.05, 3.63) is 37.1 Å². The number of hydrogen-bond donors (Lipinski definition) is 1. The molecule has 5 rings (SSSR count). The molecule has 10 nitrogen and oxygen atoms in total. The number of alkyl halides is 3. The third kappa shape index (κ3) is 3.47. The summed E-state index contributed by atoms with van der Waals surface area (Å²) in [6.07, 6.45) is 4.24. The Morgan fingerprint density at radius 2 is 2.06 bits per heavy atom. The molecule has 0 bridgehead atoms. The van der Waals surface area contributed by atoms with Gasteiger partial charge in [0.2, 0.25) is 0 Å². The van der Waals surface area contributed by atoms with Crippen LogP contribution in [0.4, 0.5) is 19.0 Å². The zero-order valence-corrected chi connectivity index (χ0v) is 18.4. The molecule has 4 aromatic heterocycles. The summed E-state index contributed by atoms with van der Waals surface area (Å²) < 4.78 is 43.7. The molecule has 0 radical (unpaired) electrons. The van der Waals surface area contributed by atoms with E-state index in [1.165, 1.54) is 9.58 Å².